The minimum absolute atomic E-state index is 0.123. The van der Waals surface area contributed by atoms with E-state index in [1.54, 1.807) is 6.92 Å². The van der Waals surface area contributed by atoms with E-state index in [0.29, 0.717) is 0 Å². The van der Waals surface area contributed by atoms with Crippen LogP contribution in [0.25, 0.3) is 0 Å². The number of rotatable bonds is 3. The van der Waals surface area contributed by atoms with Crippen molar-refractivity contribution in [2.75, 3.05) is 0 Å². The SMILES string of the molecule is C[C@H](CC(=O)O)C(=O)NC(C)(C)C. The van der Waals surface area contributed by atoms with Crippen LogP contribution < -0.4 is 5.32 Å². The van der Waals surface area contributed by atoms with E-state index in [-0.39, 0.29) is 17.9 Å². The molecule has 0 aliphatic heterocycles. The van der Waals surface area contributed by atoms with Crippen LogP contribution in [0.15, 0.2) is 0 Å². The molecule has 0 aliphatic rings. The minimum Gasteiger partial charge on any atom is -0.481 e. The van der Waals surface area contributed by atoms with E-state index in [0.717, 1.165) is 0 Å². The lowest BCUT2D eigenvalue weighted by Crippen LogP contribution is -2.43. The van der Waals surface area contributed by atoms with Crippen molar-refractivity contribution in [3.63, 3.8) is 0 Å². The van der Waals surface area contributed by atoms with E-state index in [1.165, 1.54) is 0 Å². The molecule has 0 unspecified atom stereocenters. The molecule has 0 rings (SSSR count). The van der Waals surface area contributed by atoms with Gasteiger partial charge in [-0.25, -0.2) is 0 Å². The van der Waals surface area contributed by atoms with Crippen LogP contribution in [0.4, 0.5) is 0 Å². The number of amides is 1. The maximum Gasteiger partial charge on any atom is 0.304 e. The summed E-state index contributed by atoms with van der Waals surface area (Å²) in [7, 11) is 0. The summed E-state index contributed by atoms with van der Waals surface area (Å²) in [6, 6.07) is 0. The van der Waals surface area contributed by atoms with Crippen molar-refractivity contribution in [2.24, 2.45) is 5.92 Å². The molecule has 0 fully saturated rings. The van der Waals surface area contributed by atoms with Crippen LogP contribution in [0, 0.1) is 5.92 Å². The molecule has 0 radical (unpaired) electrons. The average Bonchev–Trinajstić information content (AvgIpc) is 1.81. The van der Waals surface area contributed by atoms with Crippen molar-refractivity contribution >= 4 is 11.9 Å². The highest BCUT2D eigenvalue weighted by atomic mass is 16.4. The van der Waals surface area contributed by atoms with E-state index in [9.17, 15) is 9.59 Å². The van der Waals surface area contributed by atoms with E-state index >= 15 is 0 Å². The van der Waals surface area contributed by atoms with Gasteiger partial charge in [0.1, 0.15) is 0 Å². The third-order valence-corrected chi connectivity index (χ3v) is 1.43. The molecule has 2 N–H and O–H groups in total. The van der Waals surface area contributed by atoms with Crippen molar-refractivity contribution < 1.29 is 14.7 Å². The van der Waals surface area contributed by atoms with Crippen molar-refractivity contribution in [1.82, 2.24) is 5.32 Å². The highest BCUT2D eigenvalue weighted by molar-refractivity contribution is 5.83. The number of carboxylic acid groups (broad SMARTS) is 1. The second-order valence-corrected chi connectivity index (χ2v) is 4.24. The maximum absolute atomic E-state index is 11.3. The number of aliphatic carboxylic acids is 1. The average molecular weight is 187 g/mol. The van der Waals surface area contributed by atoms with E-state index in [1.807, 2.05) is 20.8 Å². The van der Waals surface area contributed by atoms with Gasteiger partial charge in [-0.15, -0.1) is 0 Å². The number of hydrogen-bond acceptors (Lipinski definition) is 2. The molecule has 0 aliphatic carbocycles. The van der Waals surface area contributed by atoms with Gasteiger partial charge in [-0.2, -0.15) is 0 Å². The first kappa shape index (κ1) is 11.9. The summed E-state index contributed by atoms with van der Waals surface area (Å²) in [5, 5.41) is 11.2. The number of carboxylic acids is 1. The quantitative estimate of drug-likeness (QED) is 0.693. The smallest absolute Gasteiger partial charge is 0.304 e. The van der Waals surface area contributed by atoms with Gasteiger partial charge < -0.3 is 10.4 Å². The lowest BCUT2D eigenvalue weighted by atomic mass is 10.0. The van der Waals surface area contributed by atoms with Crippen LogP contribution in [0.1, 0.15) is 34.1 Å². The second-order valence-electron chi connectivity index (χ2n) is 4.24. The highest BCUT2D eigenvalue weighted by Gasteiger charge is 2.20. The molecule has 0 aromatic carbocycles. The predicted molar refractivity (Wildman–Crippen MR) is 49.3 cm³/mol. The van der Waals surface area contributed by atoms with Crippen molar-refractivity contribution in [1.29, 1.82) is 0 Å². The molecule has 0 aromatic heterocycles. The van der Waals surface area contributed by atoms with Crippen molar-refractivity contribution in [3.05, 3.63) is 0 Å². The first-order valence-corrected chi connectivity index (χ1v) is 4.26. The Bertz CT molecular complexity index is 205. The fourth-order valence-corrected chi connectivity index (χ4v) is 0.847. The van der Waals surface area contributed by atoms with Gasteiger partial charge in [0.15, 0.2) is 0 Å². The molecule has 76 valence electrons. The minimum atomic E-state index is -0.948. The summed E-state index contributed by atoms with van der Waals surface area (Å²) in [5.74, 6) is -1.64. The van der Waals surface area contributed by atoms with Crippen LogP contribution in [0.2, 0.25) is 0 Å². The number of nitrogens with one attached hydrogen (secondary N) is 1. The molecule has 0 saturated carbocycles. The van der Waals surface area contributed by atoms with Gasteiger partial charge in [0.2, 0.25) is 5.91 Å². The summed E-state index contributed by atoms with van der Waals surface area (Å²) in [6.45, 7) is 7.18. The van der Waals surface area contributed by atoms with Gasteiger partial charge in [-0.05, 0) is 20.8 Å². The van der Waals surface area contributed by atoms with Crippen LogP contribution in [-0.2, 0) is 9.59 Å². The van der Waals surface area contributed by atoms with Gasteiger partial charge >= 0.3 is 5.97 Å². The molecule has 4 nitrogen and oxygen atoms in total. The second kappa shape index (κ2) is 4.25. The summed E-state index contributed by atoms with van der Waals surface area (Å²) in [4.78, 5) is 21.6. The van der Waals surface area contributed by atoms with E-state index in [2.05, 4.69) is 5.32 Å². The summed E-state index contributed by atoms with van der Waals surface area (Å²) in [5.41, 5.74) is -0.302. The fourth-order valence-electron chi connectivity index (χ4n) is 0.847. The Morgan fingerprint density at radius 2 is 1.85 bits per heavy atom. The van der Waals surface area contributed by atoms with Crippen LogP contribution in [-0.4, -0.2) is 22.5 Å². The van der Waals surface area contributed by atoms with Crippen LogP contribution in [0.3, 0.4) is 0 Å². The van der Waals surface area contributed by atoms with Gasteiger partial charge in [-0.1, -0.05) is 6.92 Å². The van der Waals surface area contributed by atoms with Gasteiger partial charge in [0, 0.05) is 11.5 Å². The number of carbonyl (C=O) groups is 2. The Morgan fingerprint density at radius 3 is 2.15 bits per heavy atom. The lowest BCUT2D eigenvalue weighted by molar-refractivity contribution is -0.141. The normalized spacial score (nSPS) is 13.5. The first-order chi connectivity index (χ1) is 5.72. The van der Waals surface area contributed by atoms with Gasteiger partial charge in [-0.3, -0.25) is 9.59 Å². The predicted octanol–water partition coefficient (Wildman–Crippen LogP) is 1.01. The van der Waals surface area contributed by atoms with E-state index in [4.69, 9.17) is 5.11 Å². The Balaban J connectivity index is 4.05. The molecule has 1 atom stereocenters. The highest BCUT2D eigenvalue weighted by Crippen LogP contribution is 2.06. The zero-order valence-electron chi connectivity index (χ0n) is 8.55. The molecule has 0 bridgehead atoms. The summed E-state index contributed by atoms with van der Waals surface area (Å²) >= 11 is 0. The zero-order valence-corrected chi connectivity index (χ0v) is 8.55. The molecule has 13 heavy (non-hydrogen) atoms. The Morgan fingerprint density at radius 1 is 1.38 bits per heavy atom. The third-order valence-electron chi connectivity index (χ3n) is 1.43. The van der Waals surface area contributed by atoms with Gasteiger partial charge in [0.25, 0.3) is 0 Å². The van der Waals surface area contributed by atoms with Gasteiger partial charge in [0.05, 0.1) is 6.42 Å². The van der Waals surface area contributed by atoms with Crippen molar-refractivity contribution in [2.45, 2.75) is 39.7 Å². The standard InChI is InChI=1S/C9H17NO3/c1-6(5-7(11)12)8(13)10-9(2,3)4/h6H,5H2,1-4H3,(H,10,13)(H,11,12)/t6-/m1/s1. The molecule has 0 heterocycles. The molecular weight excluding hydrogens is 170 g/mol. The Hall–Kier alpha value is -1.06. The Labute approximate surface area is 78.3 Å². The molecular formula is C9H17NO3. The third kappa shape index (κ3) is 6.13. The number of hydrogen-bond donors (Lipinski definition) is 2. The zero-order chi connectivity index (χ0) is 10.6. The molecule has 0 saturated heterocycles. The fraction of sp³-hybridized carbons (Fsp3) is 0.778. The first-order valence-electron chi connectivity index (χ1n) is 4.26. The summed E-state index contributed by atoms with van der Waals surface area (Å²) < 4.78 is 0. The molecule has 0 aromatic rings. The maximum atomic E-state index is 11.3. The Kier molecular flexibility index (Phi) is 3.91. The number of carbonyl (C=O) groups excluding carboxylic acids is 1. The molecule has 1 amide bonds. The molecule has 0 spiro atoms. The lowest BCUT2D eigenvalue weighted by Gasteiger charge is -2.22. The summed E-state index contributed by atoms with van der Waals surface area (Å²) in [6.07, 6.45) is -0.123. The monoisotopic (exact) mass is 187 g/mol. The van der Waals surface area contributed by atoms with Crippen LogP contribution >= 0.6 is 0 Å². The molecule has 4 heteroatoms. The van der Waals surface area contributed by atoms with E-state index < -0.39 is 11.9 Å². The largest absolute Gasteiger partial charge is 0.481 e. The van der Waals surface area contributed by atoms with Crippen LogP contribution in [0.5, 0.6) is 0 Å². The van der Waals surface area contributed by atoms with Crippen molar-refractivity contribution in [3.8, 4) is 0 Å². The topological polar surface area (TPSA) is 66.4 Å².